The van der Waals surface area contributed by atoms with E-state index in [2.05, 4.69) is 10.5 Å². The summed E-state index contributed by atoms with van der Waals surface area (Å²) in [6, 6.07) is 5.88. The van der Waals surface area contributed by atoms with Gasteiger partial charge in [0.05, 0.1) is 12.3 Å². The molecule has 1 amide bonds. The van der Waals surface area contributed by atoms with Gasteiger partial charge in [-0.15, -0.1) is 0 Å². The summed E-state index contributed by atoms with van der Waals surface area (Å²) in [6.45, 7) is 8.26. The minimum atomic E-state index is -0.419. The van der Waals surface area contributed by atoms with Crippen molar-refractivity contribution in [2.45, 2.75) is 39.7 Å². The van der Waals surface area contributed by atoms with Crippen molar-refractivity contribution >= 4 is 11.6 Å². The number of benzene rings is 1. The lowest BCUT2D eigenvalue weighted by atomic mass is 10.00. The number of hydrogen-bond acceptors (Lipinski definition) is 3. The van der Waals surface area contributed by atoms with Gasteiger partial charge in [0.25, 0.3) is 5.91 Å². The maximum atomic E-state index is 12.2. The molecule has 0 aromatic heterocycles. The highest BCUT2D eigenvalue weighted by molar-refractivity contribution is 5.96. The summed E-state index contributed by atoms with van der Waals surface area (Å²) in [7, 11) is 0. The molecule has 0 unspecified atom stereocenters. The highest BCUT2D eigenvalue weighted by Crippen LogP contribution is 2.22. The summed E-state index contributed by atoms with van der Waals surface area (Å²) >= 11 is 0. The summed E-state index contributed by atoms with van der Waals surface area (Å²) in [6.07, 6.45) is 0.750. The molecule has 1 heterocycles. The molecule has 0 bridgehead atoms. The van der Waals surface area contributed by atoms with E-state index in [0.29, 0.717) is 6.54 Å². The van der Waals surface area contributed by atoms with Crippen LogP contribution in [0.2, 0.25) is 0 Å². The molecule has 1 atom stereocenters. The number of nitrogens with zero attached hydrogens (tertiary/aromatic N) is 1. The number of amides is 1. The van der Waals surface area contributed by atoms with Gasteiger partial charge in [0, 0.05) is 12.0 Å². The summed E-state index contributed by atoms with van der Waals surface area (Å²) in [5, 5.41) is 6.87. The quantitative estimate of drug-likeness (QED) is 0.908. The monoisotopic (exact) mass is 260 g/mol. The van der Waals surface area contributed by atoms with Crippen LogP contribution in [0.1, 0.15) is 41.8 Å². The Morgan fingerprint density at radius 3 is 2.79 bits per heavy atom. The van der Waals surface area contributed by atoms with Crippen molar-refractivity contribution in [1.82, 2.24) is 5.32 Å². The molecule has 1 aliphatic heterocycles. The van der Waals surface area contributed by atoms with Crippen molar-refractivity contribution in [1.29, 1.82) is 0 Å². The smallest absolute Gasteiger partial charge is 0.251 e. The lowest BCUT2D eigenvalue weighted by Crippen LogP contribution is -2.40. The molecule has 4 heteroatoms. The highest BCUT2D eigenvalue weighted by atomic mass is 16.7. The third-order valence-corrected chi connectivity index (χ3v) is 3.31. The fourth-order valence-corrected chi connectivity index (χ4v) is 2.23. The van der Waals surface area contributed by atoms with E-state index in [1.807, 2.05) is 45.9 Å². The Balaban J connectivity index is 2.00. The van der Waals surface area contributed by atoms with Crippen molar-refractivity contribution in [3.8, 4) is 0 Å². The topological polar surface area (TPSA) is 50.7 Å². The van der Waals surface area contributed by atoms with E-state index in [1.165, 1.54) is 0 Å². The van der Waals surface area contributed by atoms with Gasteiger partial charge in [-0.2, -0.15) is 0 Å². The second kappa shape index (κ2) is 5.03. The molecule has 102 valence electrons. The van der Waals surface area contributed by atoms with Crippen molar-refractivity contribution in [2.75, 3.05) is 6.54 Å². The number of hydrogen-bond donors (Lipinski definition) is 1. The molecular weight excluding hydrogens is 240 g/mol. The van der Waals surface area contributed by atoms with Crippen LogP contribution in [0.25, 0.3) is 0 Å². The largest absolute Gasteiger partial charge is 0.387 e. The van der Waals surface area contributed by atoms with Crippen LogP contribution in [0.4, 0.5) is 0 Å². The molecule has 0 saturated carbocycles. The SMILES string of the molecule is CC1=NO[C@@](C)(CNC(=O)c2cc(C)ccc2C)C1. The third kappa shape index (κ3) is 3.13. The number of carbonyl (C=O) groups is 1. The standard InChI is InChI=1S/C15H20N2O2/c1-10-5-6-11(2)13(7-10)14(18)16-9-15(4)8-12(3)17-19-15/h5-7H,8-9H2,1-4H3,(H,16,18)/t15-/m1/s1. The molecule has 0 fully saturated rings. The normalized spacial score (nSPS) is 21.8. The Morgan fingerprint density at radius 1 is 1.42 bits per heavy atom. The van der Waals surface area contributed by atoms with Crippen LogP contribution in [0.15, 0.2) is 23.4 Å². The van der Waals surface area contributed by atoms with Crippen LogP contribution in [-0.4, -0.2) is 23.8 Å². The first kappa shape index (κ1) is 13.6. The molecule has 0 spiro atoms. The van der Waals surface area contributed by atoms with Crippen LogP contribution < -0.4 is 5.32 Å². The lowest BCUT2D eigenvalue weighted by Gasteiger charge is -2.22. The average molecular weight is 260 g/mol. The van der Waals surface area contributed by atoms with Crippen molar-refractivity contribution in [3.63, 3.8) is 0 Å². The van der Waals surface area contributed by atoms with E-state index < -0.39 is 5.60 Å². The van der Waals surface area contributed by atoms with E-state index in [4.69, 9.17) is 4.84 Å². The second-order valence-corrected chi connectivity index (χ2v) is 5.55. The van der Waals surface area contributed by atoms with Crippen LogP contribution >= 0.6 is 0 Å². The van der Waals surface area contributed by atoms with E-state index in [-0.39, 0.29) is 5.91 Å². The van der Waals surface area contributed by atoms with Crippen LogP contribution in [0.3, 0.4) is 0 Å². The summed E-state index contributed by atoms with van der Waals surface area (Å²) in [4.78, 5) is 17.6. The van der Waals surface area contributed by atoms with Crippen LogP contribution in [0.5, 0.6) is 0 Å². The number of nitrogens with one attached hydrogen (secondary N) is 1. The maximum absolute atomic E-state index is 12.2. The predicted octanol–water partition coefficient (Wildman–Crippen LogP) is 2.59. The van der Waals surface area contributed by atoms with Gasteiger partial charge in [-0.25, -0.2) is 0 Å². The Labute approximate surface area is 113 Å². The molecule has 0 aliphatic carbocycles. The van der Waals surface area contributed by atoms with Gasteiger partial charge in [0.1, 0.15) is 0 Å². The first-order valence-electron chi connectivity index (χ1n) is 6.47. The minimum absolute atomic E-state index is 0.0596. The molecule has 1 aromatic rings. The molecule has 1 aliphatic rings. The molecule has 0 radical (unpaired) electrons. The van der Waals surface area contributed by atoms with Crippen LogP contribution in [-0.2, 0) is 4.84 Å². The predicted molar refractivity (Wildman–Crippen MR) is 75.5 cm³/mol. The van der Waals surface area contributed by atoms with Gasteiger partial charge in [0.15, 0.2) is 5.60 Å². The number of oxime groups is 1. The van der Waals surface area contributed by atoms with Gasteiger partial charge >= 0.3 is 0 Å². The zero-order valence-corrected chi connectivity index (χ0v) is 11.9. The summed E-state index contributed by atoms with van der Waals surface area (Å²) in [5.74, 6) is -0.0596. The van der Waals surface area contributed by atoms with E-state index in [0.717, 1.165) is 28.8 Å². The van der Waals surface area contributed by atoms with E-state index >= 15 is 0 Å². The zero-order valence-electron chi connectivity index (χ0n) is 11.9. The Kier molecular flexibility index (Phi) is 3.60. The Bertz CT molecular complexity index is 537. The number of carbonyl (C=O) groups excluding carboxylic acids is 1. The fourth-order valence-electron chi connectivity index (χ4n) is 2.23. The Hall–Kier alpha value is -1.84. The van der Waals surface area contributed by atoms with E-state index in [9.17, 15) is 4.79 Å². The van der Waals surface area contributed by atoms with Gasteiger partial charge < -0.3 is 10.2 Å². The first-order chi connectivity index (χ1) is 8.89. The molecule has 2 rings (SSSR count). The summed E-state index contributed by atoms with van der Waals surface area (Å²) < 4.78 is 0. The van der Waals surface area contributed by atoms with Gasteiger partial charge in [-0.05, 0) is 39.3 Å². The number of rotatable bonds is 3. The van der Waals surface area contributed by atoms with Crippen molar-refractivity contribution in [3.05, 3.63) is 34.9 Å². The first-order valence-corrected chi connectivity index (χ1v) is 6.47. The van der Waals surface area contributed by atoms with Gasteiger partial charge in [-0.1, -0.05) is 22.9 Å². The molecule has 1 aromatic carbocycles. The van der Waals surface area contributed by atoms with Crippen molar-refractivity contribution < 1.29 is 9.63 Å². The minimum Gasteiger partial charge on any atom is -0.387 e. The van der Waals surface area contributed by atoms with Crippen LogP contribution in [0, 0.1) is 13.8 Å². The highest BCUT2D eigenvalue weighted by Gasteiger charge is 2.33. The molecule has 4 nitrogen and oxygen atoms in total. The zero-order chi connectivity index (χ0) is 14.0. The average Bonchev–Trinajstić information content (AvgIpc) is 2.70. The van der Waals surface area contributed by atoms with Crippen molar-refractivity contribution in [2.24, 2.45) is 5.16 Å². The molecular formula is C15H20N2O2. The second-order valence-electron chi connectivity index (χ2n) is 5.55. The Morgan fingerprint density at radius 2 is 2.16 bits per heavy atom. The van der Waals surface area contributed by atoms with Gasteiger partial charge in [-0.3, -0.25) is 4.79 Å². The van der Waals surface area contributed by atoms with Gasteiger partial charge in [0.2, 0.25) is 0 Å². The maximum Gasteiger partial charge on any atom is 0.251 e. The lowest BCUT2D eigenvalue weighted by molar-refractivity contribution is -0.00182. The molecule has 1 N–H and O–H groups in total. The van der Waals surface area contributed by atoms with E-state index in [1.54, 1.807) is 0 Å². The number of aryl methyl sites for hydroxylation is 2. The fraction of sp³-hybridized carbons (Fsp3) is 0.467. The third-order valence-electron chi connectivity index (χ3n) is 3.31. The molecule has 0 saturated heterocycles. The summed E-state index contributed by atoms with van der Waals surface area (Å²) in [5.41, 5.74) is 3.33. The molecule has 19 heavy (non-hydrogen) atoms.